The number of rotatable bonds is 15. The molecule has 9 heteroatoms. The van der Waals surface area contributed by atoms with Crippen LogP contribution in [0.1, 0.15) is 73.1 Å². The van der Waals surface area contributed by atoms with Crippen LogP contribution in [0.3, 0.4) is 0 Å². The molecule has 2 aliphatic carbocycles. The summed E-state index contributed by atoms with van der Waals surface area (Å²) in [7, 11) is -9.56. The second-order valence-electron chi connectivity index (χ2n) is 17.5. The van der Waals surface area contributed by atoms with Gasteiger partial charge in [0.05, 0.1) is 18.5 Å². The lowest BCUT2D eigenvalue weighted by Crippen LogP contribution is -2.68. The normalized spacial score (nSPS) is 22.8. The van der Waals surface area contributed by atoms with Gasteiger partial charge in [-0.1, -0.05) is 162 Å². The van der Waals surface area contributed by atoms with Crippen molar-refractivity contribution in [3.63, 3.8) is 0 Å². The Morgan fingerprint density at radius 3 is 1.46 bits per heavy atom. The van der Waals surface area contributed by atoms with Crippen molar-refractivity contribution in [1.82, 2.24) is 0 Å². The molecule has 5 atom stereocenters. The van der Waals surface area contributed by atoms with E-state index in [0.29, 0.717) is 19.6 Å². The second kappa shape index (κ2) is 16.7. The maximum Gasteiger partial charge on any atom is 0.264 e. The highest BCUT2D eigenvalue weighted by atomic mass is 32.2. The molecule has 2 saturated carbocycles. The molecule has 0 saturated heterocycles. The first-order valence-electron chi connectivity index (χ1n) is 19.7. The molecule has 0 heterocycles. The van der Waals surface area contributed by atoms with Crippen molar-refractivity contribution in [2.75, 3.05) is 19.5 Å². The Morgan fingerprint density at radius 2 is 1.06 bits per heavy atom. The van der Waals surface area contributed by atoms with Gasteiger partial charge in [0.1, 0.15) is 0 Å². The van der Waals surface area contributed by atoms with Crippen LogP contribution in [0.15, 0.2) is 121 Å². The van der Waals surface area contributed by atoms with Crippen LogP contribution in [0.5, 0.6) is 0 Å². The van der Waals surface area contributed by atoms with E-state index in [2.05, 4.69) is 144 Å². The van der Waals surface area contributed by atoms with Crippen LogP contribution < -0.4 is 20.7 Å². The monoisotopic (exact) mass is 784 g/mol. The number of hydrogen-bond donors (Lipinski definition) is 1. The maximum atomic E-state index is 12.8. The zero-order valence-electron chi connectivity index (χ0n) is 33.0. The van der Waals surface area contributed by atoms with Gasteiger partial charge in [0.15, 0.2) is 0 Å². The molecule has 5 unspecified atom stereocenters. The Hall–Kier alpha value is -2.90. The third-order valence-electron chi connectivity index (χ3n) is 12.2. The van der Waals surface area contributed by atoms with Crippen LogP contribution in [-0.2, 0) is 23.2 Å². The number of hydrogen-bond acceptors (Lipinski definition) is 6. The van der Waals surface area contributed by atoms with E-state index in [9.17, 15) is 13.5 Å². The molecule has 2 aliphatic rings. The van der Waals surface area contributed by atoms with Crippen molar-refractivity contribution < 1.29 is 26.6 Å². The van der Waals surface area contributed by atoms with E-state index in [4.69, 9.17) is 13.0 Å². The molecule has 0 aromatic heterocycles. The average Bonchev–Trinajstić information content (AvgIpc) is 3.72. The molecule has 6 rings (SSSR count). The first kappa shape index (κ1) is 40.8. The maximum absolute atomic E-state index is 12.8. The van der Waals surface area contributed by atoms with Crippen LogP contribution in [-0.4, -0.2) is 61.8 Å². The van der Waals surface area contributed by atoms with Crippen molar-refractivity contribution in [1.29, 1.82) is 0 Å². The van der Waals surface area contributed by atoms with Crippen LogP contribution in [0, 0.1) is 17.8 Å². The minimum atomic E-state index is -3.72. The summed E-state index contributed by atoms with van der Waals surface area (Å²) < 4.78 is 46.4. The zero-order chi connectivity index (χ0) is 38.6. The van der Waals surface area contributed by atoms with Crippen molar-refractivity contribution in [3.8, 4) is 0 Å². The Balaban J connectivity index is 1.35. The smallest absolute Gasteiger partial charge is 0.264 e. The lowest BCUT2D eigenvalue weighted by molar-refractivity contribution is 0.0945. The third-order valence-corrected chi connectivity index (χ3v) is 22.8. The number of aliphatic hydroxyl groups is 1. The van der Waals surface area contributed by atoms with Crippen LogP contribution in [0.4, 0.5) is 0 Å². The van der Waals surface area contributed by atoms with Gasteiger partial charge in [0, 0.05) is 25.0 Å². The fourth-order valence-electron chi connectivity index (χ4n) is 9.84. The minimum absolute atomic E-state index is 0.110. The Bertz CT molecular complexity index is 1810. The summed E-state index contributed by atoms with van der Waals surface area (Å²) in [6.45, 7) is 12.4. The number of aliphatic hydroxyl groups excluding tert-OH is 1. The molecular weight excluding hydrogens is 725 g/mol. The molecule has 0 spiro atoms. The SMILES string of the molecule is CC(C)(C)[Si](OCC1CC(CC(C)(C)[Si](OCC2CCCC2O)(c2ccccc2)c2ccccc2)CC1OS(C)(=O)=O)(c1ccccc1)c1ccccc1. The first-order chi connectivity index (χ1) is 25.7. The largest absolute Gasteiger partial charge is 0.407 e. The molecule has 290 valence electrons. The fourth-order valence-corrected chi connectivity index (χ4v) is 20.1. The average molecular weight is 785 g/mol. The molecule has 0 amide bonds. The lowest BCUT2D eigenvalue weighted by atomic mass is 9.94. The molecule has 4 aromatic carbocycles. The Kier molecular flexibility index (Phi) is 12.6. The highest BCUT2D eigenvalue weighted by molar-refractivity contribution is 7.86. The van der Waals surface area contributed by atoms with Gasteiger partial charge in [0.25, 0.3) is 26.8 Å². The summed E-state index contributed by atoms with van der Waals surface area (Å²) in [5, 5.41) is 15.2. The molecular formula is C45H60O6SSi2. The van der Waals surface area contributed by atoms with Crippen LogP contribution in [0.25, 0.3) is 0 Å². The third kappa shape index (κ3) is 8.58. The molecule has 4 aromatic rings. The van der Waals surface area contributed by atoms with E-state index >= 15 is 0 Å². The van der Waals surface area contributed by atoms with Gasteiger partial charge in [-0.2, -0.15) is 8.42 Å². The molecule has 54 heavy (non-hydrogen) atoms. The summed E-state index contributed by atoms with van der Waals surface area (Å²) >= 11 is 0. The Labute approximate surface area is 326 Å². The predicted octanol–water partition coefficient (Wildman–Crippen LogP) is 7.04. The highest BCUT2D eigenvalue weighted by Crippen LogP contribution is 2.49. The van der Waals surface area contributed by atoms with Gasteiger partial charge in [-0.15, -0.1) is 0 Å². The van der Waals surface area contributed by atoms with Crippen molar-refractivity contribution in [3.05, 3.63) is 121 Å². The van der Waals surface area contributed by atoms with E-state index in [-0.39, 0.29) is 33.9 Å². The van der Waals surface area contributed by atoms with Crippen LogP contribution in [0.2, 0.25) is 10.1 Å². The quantitative estimate of drug-likeness (QED) is 0.103. The van der Waals surface area contributed by atoms with Crippen molar-refractivity contribution in [2.24, 2.45) is 17.8 Å². The first-order valence-corrected chi connectivity index (χ1v) is 25.4. The summed E-state index contributed by atoms with van der Waals surface area (Å²) in [5.74, 6) is 0.183. The molecule has 0 aliphatic heterocycles. The van der Waals surface area contributed by atoms with E-state index in [0.717, 1.165) is 32.1 Å². The molecule has 0 bridgehead atoms. The van der Waals surface area contributed by atoms with Crippen LogP contribution >= 0.6 is 0 Å². The predicted molar refractivity (Wildman–Crippen MR) is 225 cm³/mol. The molecule has 0 radical (unpaired) electrons. The highest BCUT2D eigenvalue weighted by Gasteiger charge is 2.56. The summed E-state index contributed by atoms with van der Waals surface area (Å²) in [5.41, 5.74) is 0. The van der Waals surface area contributed by atoms with Gasteiger partial charge < -0.3 is 14.0 Å². The summed E-state index contributed by atoms with van der Waals surface area (Å²) in [4.78, 5) is 0. The van der Waals surface area contributed by atoms with E-state index in [1.807, 2.05) is 12.1 Å². The van der Waals surface area contributed by atoms with E-state index < -0.39 is 32.9 Å². The molecule has 2 fully saturated rings. The van der Waals surface area contributed by atoms with Crippen molar-refractivity contribution in [2.45, 2.75) is 95.4 Å². The molecule has 1 N–H and O–H groups in total. The van der Waals surface area contributed by atoms with Gasteiger partial charge >= 0.3 is 0 Å². The summed E-state index contributed by atoms with van der Waals surface area (Å²) in [6.07, 6.45) is 5.39. The van der Waals surface area contributed by atoms with Gasteiger partial charge in [-0.25, -0.2) is 0 Å². The van der Waals surface area contributed by atoms with E-state index in [1.165, 1.54) is 27.0 Å². The fraction of sp³-hybridized carbons (Fsp3) is 0.467. The standard InChI is InChI=1S/C45H60O6SSi2/c1-44(2,3)53(38-21-11-7-12-22-38,39-23-13-8-14-24-39)49-34-37-30-35(31-43(37)51-52(6,47)48)32-45(4,5)54(40-25-15-9-16-26-40,41-27-17-10-18-28-41)50-33-36-20-19-29-42(36)46/h7-18,21-28,35-37,42-43,46H,19-20,29-34H2,1-6H3. The van der Waals surface area contributed by atoms with E-state index in [1.54, 1.807) is 0 Å². The lowest BCUT2D eigenvalue weighted by Gasteiger charge is -2.47. The van der Waals surface area contributed by atoms with Gasteiger partial charge in [0.2, 0.25) is 0 Å². The second-order valence-corrected chi connectivity index (χ2v) is 27.5. The Morgan fingerprint density at radius 1 is 0.630 bits per heavy atom. The molecule has 6 nitrogen and oxygen atoms in total. The zero-order valence-corrected chi connectivity index (χ0v) is 35.8. The van der Waals surface area contributed by atoms with Crippen molar-refractivity contribution >= 4 is 47.5 Å². The van der Waals surface area contributed by atoms with Gasteiger partial charge in [-0.3, -0.25) is 4.18 Å². The minimum Gasteiger partial charge on any atom is -0.407 e. The van der Waals surface area contributed by atoms with Gasteiger partial charge in [-0.05, 0) is 68.8 Å². The number of benzene rings is 4. The summed E-state index contributed by atoms with van der Waals surface area (Å²) in [6, 6.07) is 42.6. The topological polar surface area (TPSA) is 82.1 Å².